The van der Waals surface area contributed by atoms with Crippen molar-refractivity contribution in [2.75, 3.05) is 26.2 Å². The number of likely N-dealkylation sites (tertiary alicyclic amines) is 1. The molecule has 1 aliphatic heterocycles. The molecule has 1 aromatic rings. The Balaban J connectivity index is 2.08. The number of piperidine rings is 1. The summed E-state index contributed by atoms with van der Waals surface area (Å²) in [5.74, 6) is 0.146. The first-order chi connectivity index (χ1) is 10.4. The van der Waals surface area contributed by atoms with Crippen molar-refractivity contribution < 1.29 is 13.2 Å². The van der Waals surface area contributed by atoms with Crippen LogP contribution in [-0.2, 0) is 0 Å². The minimum Gasteiger partial charge on any atom is -0.305 e. The molecule has 0 radical (unpaired) electrons. The second-order valence-electron chi connectivity index (χ2n) is 5.89. The van der Waals surface area contributed by atoms with E-state index >= 15 is 0 Å². The highest BCUT2D eigenvalue weighted by atomic mass is 19.4. The molecule has 0 saturated carbocycles. The van der Waals surface area contributed by atoms with Crippen LogP contribution in [0.15, 0.2) is 24.3 Å². The molecule has 1 fully saturated rings. The zero-order valence-electron chi connectivity index (χ0n) is 12.5. The van der Waals surface area contributed by atoms with E-state index in [2.05, 4.69) is 17.5 Å². The smallest absolute Gasteiger partial charge is 0.305 e. The van der Waals surface area contributed by atoms with Crippen LogP contribution in [-0.4, -0.2) is 43.3 Å². The van der Waals surface area contributed by atoms with Crippen molar-refractivity contribution in [3.8, 4) is 6.07 Å². The van der Waals surface area contributed by atoms with E-state index < -0.39 is 12.7 Å². The lowest BCUT2D eigenvalue weighted by molar-refractivity contribution is -0.127. The van der Waals surface area contributed by atoms with Crippen molar-refractivity contribution in [1.29, 1.82) is 5.26 Å². The predicted octanol–water partition coefficient (Wildman–Crippen LogP) is 2.83. The quantitative estimate of drug-likeness (QED) is 0.869. The fourth-order valence-electron chi connectivity index (χ4n) is 2.99. The maximum atomic E-state index is 12.4. The van der Waals surface area contributed by atoms with Crippen molar-refractivity contribution in [1.82, 2.24) is 10.2 Å². The van der Waals surface area contributed by atoms with E-state index in [0.29, 0.717) is 19.5 Å². The summed E-state index contributed by atoms with van der Waals surface area (Å²) in [4.78, 5) is 1.92. The van der Waals surface area contributed by atoms with E-state index in [0.717, 1.165) is 11.1 Å². The number of rotatable bonds is 4. The van der Waals surface area contributed by atoms with E-state index in [1.807, 2.05) is 30.0 Å². The number of nitriles is 1. The average molecular weight is 311 g/mol. The minimum atomic E-state index is -4.21. The molecular weight excluding hydrogens is 291 g/mol. The standard InChI is InChI=1S/C16H20F3N3/c1-12-3-2-4-13(7-12)14-8-15(21-11-16(17,18)19)10-22(9-14)6-5-20/h2-4,7,14-15,21H,6,8-11H2,1H3. The lowest BCUT2D eigenvalue weighted by atomic mass is 9.87. The second kappa shape index (κ2) is 7.12. The van der Waals surface area contributed by atoms with Crippen molar-refractivity contribution in [3.63, 3.8) is 0 Å². The summed E-state index contributed by atoms with van der Waals surface area (Å²) in [6.07, 6.45) is -3.56. The summed E-state index contributed by atoms with van der Waals surface area (Å²) < 4.78 is 37.2. The molecule has 120 valence electrons. The summed E-state index contributed by atoms with van der Waals surface area (Å²) in [5, 5.41) is 11.5. The van der Waals surface area contributed by atoms with Crippen LogP contribution in [0.5, 0.6) is 0 Å². The van der Waals surface area contributed by atoms with Gasteiger partial charge < -0.3 is 5.32 Å². The summed E-state index contributed by atoms with van der Waals surface area (Å²) in [6.45, 7) is 2.44. The third-order valence-corrected chi connectivity index (χ3v) is 3.93. The molecule has 1 saturated heterocycles. The Morgan fingerprint density at radius 3 is 2.77 bits per heavy atom. The van der Waals surface area contributed by atoms with Gasteiger partial charge in [-0.15, -0.1) is 0 Å². The van der Waals surface area contributed by atoms with Gasteiger partial charge in [-0.1, -0.05) is 29.8 Å². The largest absolute Gasteiger partial charge is 0.401 e. The molecule has 2 atom stereocenters. The van der Waals surface area contributed by atoms with Crippen LogP contribution in [0.1, 0.15) is 23.5 Å². The molecule has 2 unspecified atom stereocenters. The third kappa shape index (κ3) is 5.00. The number of aryl methyl sites for hydroxylation is 1. The van der Waals surface area contributed by atoms with Gasteiger partial charge in [0.2, 0.25) is 0 Å². The van der Waals surface area contributed by atoms with Crippen molar-refractivity contribution in [3.05, 3.63) is 35.4 Å². The first-order valence-electron chi connectivity index (χ1n) is 7.33. The van der Waals surface area contributed by atoms with E-state index in [9.17, 15) is 13.2 Å². The molecule has 0 spiro atoms. The van der Waals surface area contributed by atoms with Gasteiger partial charge in [-0.2, -0.15) is 18.4 Å². The first kappa shape index (κ1) is 16.8. The van der Waals surface area contributed by atoms with Crippen molar-refractivity contribution in [2.45, 2.75) is 31.5 Å². The lowest BCUT2D eigenvalue weighted by Crippen LogP contribution is -2.50. The summed E-state index contributed by atoms with van der Waals surface area (Å²) in [5.41, 5.74) is 2.26. The highest BCUT2D eigenvalue weighted by Gasteiger charge is 2.32. The molecule has 0 bridgehead atoms. The van der Waals surface area contributed by atoms with Gasteiger partial charge in [-0.25, -0.2) is 0 Å². The monoisotopic (exact) mass is 311 g/mol. The molecule has 1 aromatic carbocycles. The Labute approximate surface area is 128 Å². The number of halogens is 3. The van der Waals surface area contributed by atoms with E-state index in [1.54, 1.807) is 0 Å². The molecule has 6 heteroatoms. The molecular formula is C16H20F3N3. The van der Waals surface area contributed by atoms with Gasteiger partial charge in [0.1, 0.15) is 0 Å². The van der Waals surface area contributed by atoms with Crippen LogP contribution in [0, 0.1) is 18.3 Å². The molecule has 0 aromatic heterocycles. The van der Waals surface area contributed by atoms with E-state index in [4.69, 9.17) is 5.26 Å². The predicted molar refractivity (Wildman–Crippen MR) is 78.4 cm³/mol. The Kier molecular flexibility index (Phi) is 5.43. The topological polar surface area (TPSA) is 39.1 Å². The van der Waals surface area contributed by atoms with Crippen molar-refractivity contribution >= 4 is 0 Å². The highest BCUT2D eigenvalue weighted by molar-refractivity contribution is 5.26. The van der Waals surface area contributed by atoms with Crippen LogP contribution < -0.4 is 5.32 Å². The van der Waals surface area contributed by atoms with Gasteiger partial charge in [0, 0.05) is 19.1 Å². The van der Waals surface area contributed by atoms with Gasteiger partial charge in [0.05, 0.1) is 19.2 Å². The van der Waals surface area contributed by atoms with Gasteiger partial charge in [0.25, 0.3) is 0 Å². The molecule has 22 heavy (non-hydrogen) atoms. The molecule has 0 amide bonds. The molecule has 1 heterocycles. The molecule has 0 aliphatic carbocycles. The molecule has 3 nitrogen and oxygen atoms in total. The van der Waals surface area contributed by atoms with Crippen LogP contribution in [0.3, 0.4) is 0 Å². The second-order valence-corrected chi connectivity index (χ2v) is 5.89. The number of hydrogen-bond donors (Lipinski definition) is 1. The summed E-state index contributed by atoms with van der Waals surface area (Å²) >= 11 is 0. The van der Waals surface area contributed by atoms with Crippen LogP contribution in [0.4, 0.5) is 13.2 Å². The van der Waals surface area contributed by atoms with Gasteiger partial charge in [-0.3, -0.25) is 4.90 Å². The number of benzene rings is 1. The minimum absolute atomic E-state index is 0.146. The Morgan fingerprint density at radius 1 is 1.36 bits per heavy atom. The van der Waals surface area contributed by atoms with Gasteiger partial charge in [0.15, 0.2) is 0 Å². The maximum Gasteiger partial charge on any atom is 0.401 e. The SMILES string of the molecule is Cc1cccc(C2CC(NCC(F)(F)F)CN(CC#N)C2)c1. The molecule has 1 N–H and O–H groups in total. The zero-order valence-corrected chi connectivity index (χ0v) is 12.5. The first-order valence-corrected chi connectivity index (χ1v) is 7.33. The number of hydrogen-bond acceptors (Lipinski definition) is 3. The number of nitrogens with one attached hydrogen (secondary N) is 1. The number of alkyl halides is 3. The fourth-order valence-corrected chi connectivity index (χ4v) is 2.99. The van der Waals surface area contributed by atoms with E-state index in [1.165, 1.54) is 0 Å². The molecule has 2 rings (SSSR count). The lowest BCUT2D eigenvalue weighted by Gasteiger charge is -2.37. The summed E-state index contributed by atoms with van der Waals surface area (Å²) in [7, 11) is 0. The van der Waals surface area contributed by atoms with Crippen LogP contribution in [0.25, 0.3) is 0 Å². The average Bonchev–Trinajstić information content (AvgIpc) is 2.45. The zero-order chi connectivity index (χ0) is 16.2. The summed E-state index contributed by atoms with van der Waals surface area (Å²) in [6, 6.07) is 9.88. The van der Waals surface area contributed by atoms with Gasteiger partial charge in [-0.05, 0) is 24.8 Å². The Morgan fingerprint density at radius 2 is 2.14 bits per heavy atom. The Bertz CT molecular complexity index is 536. The Hall–Kier alpha value is -1.58. The third-order valence-electron chi connectivity index (χ3n) is 3.93. The van der Waals surface area contributed by atoms with Crippen molar-refractivity contribution in [2.24, 2.45) is 0 Å². The van der Waals surface area contributed by atoms with Crippen LogP contribution >= 0.6 is 0 Å². The highest BCUT2D eigenvalue weighted by Crippen LogP contribution is 2.28. The maximum absolute atomic E-state index is 12.4. The number of nitrogens with zero attached hydrogens (tertiary/aromatic N) is 2. The van der Waals surface area contributed by atoms with E-state index in [-0.39, 0.29) is 18.5 Å². The fraction of sp³-hybridized carbons (Fsp3) is 0.562. The van der Waals surface area contributed by atoms with Gasteiger partial charge >= 0.3 is 6.18 Å². The normalized spacial score (nSPS) is 23.2. The molecule has 1 aliphatic rings. The van der Waals surface area contributed by atoms with Crippen LogP contribution in [0.2, 0.25) is 0 Å².